The first kappa shape index (κ1) is 12.9. The summed E-state index contributed by atoms with van der Waals surface area (Å²) in [6.07, 6.45) is 10.9. The Kier molecular flexibility index (Phi) is 5.30. The quantitative estimate of drug-likeness (QED) is 0.791. The Hall–Kier alpha value is -0.570. The van der Waals surface area contributed by atoms with E-state index in [9.17, 15) is 4.79 Å². The molecular formula is C14H26N2O. The molecule has 1 heterocycles. The topological polar surface area (TPSA) is 41.1 Å². The Morgan fingerprint density at radius 1 is 1.06 bits per heavy atom. The van der Waals surface area contributed by atoms with E-state index < -0.39 is 0 Å². The van der Waals surface area contributed by atoms with Gasteiger partial charge in [0.1, 0.15) is 0 Å². The monoisotopic (exact) mass is 238 g/mol. The van der Waals surface area contributed by atoms with Crippen molar-refractivity contribution in [2.45, 2.75) is 63.8 Å². The maximum absolute atomic E-state index is 11.9. The molecule has 1 unspecified atom stereocenters. The third kappa shape index (κ3) is 4.66. The molecule has 98 valence electrons. The molecule has 0 bridgehead atoms. The zero-order valence-electron chi connectivity index (χ0n) is 10.8. The Morgan fingerprint density at radius 3 is 2.41 bits per heavy atom. The molecule has 1 aliphatic carbocycles. The van der Waals surface area contributed by atoms with E-state index >= 15 is 0 Å². The highest BCUT2D eigenvalue weighted by Gasteiger charge is 2.20. The van der Waals surface area contributed by atoms with Crippen molar-refractivity contribution in [2.75, 3.05) is 13.1 Å². The van der Waals surface area contributed by atoms with Crippen LogP contribution in [0.2, 0.25) is 0 Å². The van der Waals surface area contributed by atoms with Crippen LogP contribution >= 0.6 is 0 Å². The van der Waals surface area contributed by atoms with Gasteiger partial charge in [0.25, 0.3) is 0 Å². The minimum Gasteiger partial charge on any atom is -0.353 e. The molecule has 1 saturated carbocycles. The van der Waals surface area contributed by atoms with Crippen molar-refractivity contribution in [3.63, 3.8) is 0 Å². The van der Waals surface area contributed by atoms with Gasteiger partial charge >= 0.3 is 0 Å². The van der Waals surface area contributed by atoms with Gasteiger partial charge in [0.05, 0.1) is 0 Å². The van der Waals surface area contributed by atoms with Gasteiger partial charge in [-0.05, 0) is 38.3 Å². The van der Waals surface area contributed by atoms with E-state index in [0.29, 0.717) is 12.0 Å². The molecule has 0 aromatic heterocycles. The fraction of sp³-hybridized carbons (Fsp3) is 0.929. The molecule has 17 heavy (non-hydrogen) atoms. The van der Waals surface area contributed by atoms with Gasteiger partial charge in [0.15, 0.2) is 0 Å². The first-order valence-electron chi connectivity index (χ1n) is 7.34. The molecule has 2 aliphatic rings. The minimum absolute atomic E-state index is 0.282. The van der Waals surface area contributed by atoms with E-state index in [1.54, 1.807) is 0 Å². The molecule has 2 rings (SSSR count). The van der Waals surface area contributed by atoms with Crippen molar-refractivity contribution in [1.82, 2.24) is 10.6 Å². The average molecular weight is 238 g/mol. The number of carbonyl (C=O) groups excluding carboxylic acids is 1. The van der Waals surface area contributed by atoms with Crippen molar-refractivity contribution in [1.29, 1.82) is 0 Å². The van der Waals surface area contributed by atoms with Crippen LogP contribution in [0.25, 0.3) is 0 Å². The van der Waals surface area contributed by atoms with Gasteiger partial charge in [-0.1, -0.05) is 32.1 Å². The highest BCUT2D eigenvalue weighted by molar-refractivity contribution is 5.76. The highest BCUT2D eigenvalue weighted by Crippen LogP contribution is 2.18. The van der Waals surface area contributed by atoms with E-state index in [2.05, 4.69) is 10.6 Å². The third-order valence-electron chi connectivity index (χ3n) is 4.11. The molecular weight excluding hydrogens is 212 g/mol. The number of hydrogen-bond acceptors (Lipinski definition) is 2. The van der Waals surface area contributed by atoms with Crippen molar-refractivity contribution in [3.8, 4) is 0 Å². The zero-order valence-corrected chi connectivity index (χ0v) is 10.8. The number of nitrogens with one attached hydrogen (secondary N) is 2. The molecule has 3 heteroatoms. The van der Waals surface area contributed by atoms with Crippen LogP contribution in [0, 0.1) is 5.92 Å². The Bertz CT molecular complexity index is 228. The van der Waals surface area contributed by atoms with Crippen LogP contribution in [0.15, 0.2) is 0 Å². The average Bonchev–Trinajstić information content (AvgIpc) is 2.74. The van der Waals surface area contributed by atoms with Crippen LogP contribution in [0.5, 0.6) is 0 Å². The lowest BCUT2D eigenvalue weighted by Gasteiger charge is -2.21. The van der Waals surface area contributed by atoms with Crippen molar-refractivity contribution in [2.24, 2.45) is 5.92 Å². The van der Waals surface area contributed by atoms with E-state index in [-0.39, 0.29) is 5.91 Å². The number of amides is 1. The summed E-state index contributed by atoms with van der Waals surface area (Å²) in [6.45, 7) is 2.11. The summed E-state index contributed by atoms with van der Waals surface area (Å²) >= 11 is 0. The second kappa shape index (κ2) is 7.00. The highest BCUT2D eigenvalue weighted by atomic mass is 16.1. The number of rotatable bonds is 3. The number of hydrogen-bond donors (Lipinski definition) is 2. The molecule has 0 aromatic carbocycles. The lowest BCUT2D eigenvalue weighted by molar-refractivity contribution is -0.122. The maximum atomic E-state index is 11.9. The maximum Gasteiger partial charge on any atom is 0.220 e. The first-order chi connectivity index (χ1) is 8.34. The van der Waals surface area contributed by atoms with Crippen LogP contribution in [-0.2, 0) is 4.79 Å². The smallest absolute Gasteiger partial charge is 0.220 e. The minimum atomic E-state index is 0.282. The largest absolute Gasteiger partial charge is 0.353 e. The fourth-order valence-electron chi connectivity index (χ4n) is 3.04. The van der Waals surface area contributed by atoms with Gasteiger partial charge in [-0.3, -0.25) is 4.79 Å². The van der Waals surface area contributed by atoms with Gasteiger partial charge in [-0.2, -0.15) is 0 Å². The molecule has 1 saturated heterocycles. The Labute approximate surface area is 105 Å². The molecule has 2 fully saturated rings. The molecule has 2 N–H and O–H groups in total. The van der Waals surface area contributed by atoms with Crippen LogP contribution in [0.3, 0.4) is 0 Å². The van der Waals surface area contributed by atoms with Gasteiger partial charge in [-0.15, -0.1) is 0 Å². The normalized spacial score (nSPS) is 27.4. The molecule has 0 aromatic rings. The van der Waals surface area contributed by atoms with Crippen molar-refractivity contribution in [3.05, 3.63) is 0 Å². The van der Waals surface area contributed by atoms with E-state index in [1.165, 1.54) is 44.9 Å². The van der Waals surface area contributed by atoms with Gasteiger partial charge < -0.3 is 10.6 Å². The lowest BCUT2D eigenvalue weighted by atomic mass is 9.96. The fourth-order valence-corrected chi connectivity index (χ4v) is 3.04. The van der Waals surface area contributed by atoms with Crippen LogP contribution in [-0.4, -0.2) is 25.0 Å². The van der Waals surface area contributed by atoms with Crippen LogP contribution in [0.1, 0.15) is 57.8 Å². The SMILES string of the molecule is O=C(CC1CCNC1)NC1CCCCCCC1. The lowest BCUT2D eigenvalue weighted by Crippen LogP contribution is -2.36. The molecule has 1 atom stereocenters. The number of carbonyl (C=O) groups is 1. The predicted octanol–water partition coefficient (Wildman–Crippen LogP) is 2.22. The Morgan fingerprint density at radius 2 is 1.76 bits per heavy atom. The van der Waals surface area contributed by atoms with E-state index in [4.69, 9.17) is 0 Å². The summed E-state index contributed by atoms with van der Waals surface area (Å²) in [4.78, 5) is 11.9. The summed E-state index contributed by atoms with van der Waals surface area (Å²) in [6, 6.07) is 0.456. The molecule has 1 amide bonds. The van der Waals surface area contributed by atoms with E-state index in [1.807, 2.05) is 0 Å². The van der Waals surface area contributed by atoms with Crippen molar-refractivity contribution < 1.29 is 4.79 Å². The molecule has 0 radical (unpaired) electrons. The summed E-state index contributed by atoms with van der Waals surface area (Å²) in [5, 5.41) is 6.57. The predicted molar refractivity (Wildman–Crippen MR) is 69.8 cm³/mol. The second-order valence-electron chi connectivity index (χ2n) is 5.67. The molecule has 0 spiro atoms. The molecule has 3 nitrogen and oxygen atoms in total. The summed E-state index contributed by atoms with van der Waals surface area (Å²) in [5.74, 6) is 0.854. The standard InChI is InChI=1S/C14H26N2O/c17-14(10-12-8-9-15-11-12)16-13-6-4-2-1-3-5-7-13/h12-13,15H,1-11H2,(H,16,17). The summed E-state index contributed by atoms with van der Waals surface area (Å²) in [7, 11) is 0. The van der Waals surface area contributed by atoms with Crippen LogP contribution in [0.4, 0.5) is 0 Å². The van der Waals surface area contributed by atoms with Crippen molar-refractivity contribution >= 4 is 5.91 Å². The van der Waals surface area contributed by atoms with Crippen LogP contribution < -0.4 is 10.6 Å². The summed E-state index contributed by atoms with van der Waals surface area (Å²) < 4.78 is 0. The van der Waals surface area contributed by atoms with Gasteiger partial charge in [-0.25, -0.2) is 0 Å². The second-order valence-corrected chi connectivity index (χ2v) is 5.67. The zero-order chi connectivity index (χ0) is 11.9. The Balaban J connectivity index is 1.68. The van der Waals surface area contributed by atoms with E-state index in [0.717, 1.165) is 25.9 Å². The summed E-state index contributed by atoms with van der Waals surface area (Å²) in [5.41, 5.74) is 0. The van der Waals surface area contributed by atoms with Gasteiger partial charge in [0.2, 0.25) is 5.91 Å². The first-order valence-corrected chi connectivity index (χ1v) is 7.34. The van der Waals surface area contributed by atoms with Gasteiger partial charge in [0, 0.05) is 12.5 Å². The third-order valence-corrected chi connectivity index (χ3v) is 4.11. The molecule has 1 aliphatic heterocycles.